The molecule has 0 amide bonds. The average Bonchev–Trinajstić information content (AvgIpc) is 2.25. The lowest BCUT2D eigenvalue weighted by Gasteiger charge is -2.35. The van der Waals surface area contributed by atoms with Gasteiger partial charge in [0, 0.05) is 12.0 Å². The predicted molar refractivity (Wildman–Crippen MR) is 79.4 cm³/mol. The summed E-state index contributed by atoms with van der Waals surface area (Å²) in [5, 5.41) is 9.51. The molecule has 0 saturated carbocycles. The second kappa shape index (κ2) is 6.07. The minimum atomic E-state index is -3.45. The van der Waals surface area contributed by atoms with E-state index in [2.05, 4.69) is 0 Å². The average molecular weight is 283 g/mol. The maximum absolute atomic E-state index is 12.5. The maximum Gasteiger partial charge on any atom is 0.301 e. The fraction of sp³-hybridized carbons (Fsp3) is 0.538. The van der Waals surface area contributed by atoms with Crippen LogP contribution in [0.2, 0.25) is 6.82 Å². The van der Waals surface area contributed by atoms with Crippen molar-refractivity contribution in [3.05, 3.63) is 35.9 Å². The van der Waals surface area contributed by atoms with Crippen molar-refractivity contribution in [2.75, 3.05) is 6.44 Å². The lowest BCUT2D eigenvalue weighted by molar-refractivity contribution is 0.270. The zero-order valence-corrected chi connectivity index (χ0v) is 12.8. The van der Waals surface area contributed by atoms with Crippen LogP contribution in [0.5, 0.6) is 0 Å². The number of sulfonamides is 1. The van der Waals surface area contributed by atoms with E-state index in [-0.39, 0.29) is 12.2 Å². The van der Waals surface area contributed by atoms with Crippen molar-refractivity contribution in [3.63, 3.8) is 0 Å². The van der Waals surface area contributed by atoms with Crippen LogP contribution >= 0.6 is 0 Å². The number of benzene rings is 1. The number of nitrogens with zero attached hydrogens (tertiary/aromatic N) is 1. The van der Waals surface area contributed by atoms with Crippen molar-refractivity contribution in [2.24, 2.45) is 0 Å². The predicted octanol–water partition coefficient (Wildman–Crippen LogP) is 1.77. The SMILES string of the molecule is CB(O)CN(C(C)(C)C)S(=O)(=O)Cc1ccccc1. The summed E-state index contributed by atoms with van der Waals surface area (Å²) in [7, 11) is -3.45. The summed E-state index contributed by atoms with van der Waals surface area (Å²) in [5.74, 6) is -0.0438. The van der Waals surface area contributed by atoms with Gasteiger partial charge in [-0.15, -0.1) is 0 Å². The zero-order chi connectivity index (χ0) is 14.7. The summed E-state index contributed by atoms with van der Waals surface area (Å²) in [6.45, 7) is 6.40. The first kappa shape index (κ1) is 16.2. The summed E-state index contributed by atoms with van der Waals surface area (Å²) < 4.78 is 26.4. The molecule has 0 heterocycles. The van der Waals surface area contributed by atoms with Crippen molar-refractivity contribution >= 4 is 16.9 Å². The summed E-state index contributed by atoms with van der Waals surface area (Å²) in [6.07, 6.45) is 0.110. The van der Waals surface area contributed by atoms with Gasteiger partial charge in [0.05, 0.1) is 5.75 Å². The van der Waals surface area contributed by atoms with Crippen LogP contribution < -0.4 is 0 Å². The molecule has 0 spiro atoms. The molecule has 106 valence electrons. The normalized spacial score (nSPS) is 12.7. The third-order valence-corrected chi connectivity index (χ3v) is 4.77. The second-order valence-corrected chi connectivity index (χ2v) is 7.69. The largest absolute Gasteiger partial charge is 0.449 e. The first-order valence-electron chi connectivity index (χ1n) is 6.35. The molecule has 0 aromatic heterocycles. The molecule has 0 bridgehead atoms. The molecule has 19 heavy (non-hydrogen) atoms. The molecule has 1 rings (SSSR count). The quantitative estimate of drug-likeness (QED) is 0.838. The molecule has 1 aromatic carbocycles. The minimum Gasteiger partial charge on any atom is -0.449 e. The molecule has 0 radical (unpaired) electrons. The summed E-state index contributed by atoms with van der Waals surface area (Å²) >= 11 is 0. The highest BCUT2D eigenvalue weighted by molar-refractivity contribution is 7.88. The number of rotatable bonds is 5. The molecule has 0 atom stereocenters. The first-order valence-corrected chi connectivity index (χ1v) is 7.96. The molecule has 6 heteroatoms. The van der Waals surface area contributed by atoms with Gasteiger partial charge in [-0.05, 0) is 26.3 Å². The third kappa shape index (κ3) is 4.97. The van der Waals surface area contributed by atoms with E-state index in [0.717, 1.165) is 5.56 Å². The van der Waals surface area contributed by atoms with E-state index < -0.39 is 22.5 Å². The van der Waals surface area contributed by atoms with Crippen LogP contribution in [0.4, 0.5) is 0 Å². The molecule has 0 aliphatic carbocycles. The highest BCUT2D eigenvalue weighted by atomic mass is 32.2. The topological polar surface area (TPSA) is 57.6 Å². The molecule has 0 fully saturated rings. The molecule has 0 aliphatic rings. The Morgan fingerprint density at radius 2 is 1.74 bits per heavy atom. The van der Waals surface area contributed by atoms with E-state index in [1.54, 1.807) is 19.0 Å². The van der Waals surface area contributed by atoms with Gasteiger partial charge in [-0.3, -0.25) is 0 Å². The minimum absolute atomic E-state index is 0.0438. The van der Waals surface area contributed by atoms with Crippen LogP contribution in [0, 0.1) is 0 Å². The standard InChI is InChI=1S/C13H22BNO3S/c1-13(2,3)15(11-14(4)16)19(17,18)10-12-8-6-5-7-9-12/h5-9,16H,10-11H2,1-4H3. The molecule has 1 N–H and O–H groups in total. The van der Waals surface area contributed by atoms with Gasteiger partial charge in [0.1, 0.15) is 0 Å². The fourth-order valence-electron chi connectivity index (χ4n) is 1.91. The van der Waals surface area contributed by atoms with Crippen LogP contribution in [0.15, 0.2) is 30.3 Å². The zero-order valence-electron chi connectivity index (χ0n) is 12.0. The Hall–Kier alpha value is -0.845. The highest BCUT2D eigenvalue weighted by Gasteiger charge is 2.34. The van der Waals surface area contributed by atoms with Gasteiger partial charge < -0.3 is 5.02 Å². The van der Waals surface area contributed by atoms with Crippen LogP contribution in [-0.2, 0) is 15.8 Å². The van der Waals surface area contributed by atoms with Gasteiger partial charge >= 0.3 is 6.92 Å². The van der Waals surface area contributed by atoms with E-state index >= 15 is 0 Å². The Bertz CT molecular complexity index is 494. The Balaban J connectivity index is 3.00. The molecule has 0 unspecified atom stereocenters. The Labute approximate surface area is 116 Å². The molecule has 1 aromatic rings. The first-order chi connectivity index (χ1) is 8.63. The van der Waals surface area contributed by atoms with E-state index in [1.807, 2.05) is 39.0 Å². The molecule has 0 aliphatic heterocycles. The van der Waals surface area contributed by atoms with E-state index in [9.17, 15) is 13.4 Å². The van der Waals surface area contributed by atoms with Crippen molar-refractivity contribution in [1.29, 1.82) is 0 Å². The monoisotopic (exact) mass is 283 g/mol. The third-order valence-electron chi connectivity index (χ3n) is 2.71. The van der Waals surface area contributed by atoms with Gasteiger partial charge in [0.2, 0.25) is 10.0 Å². The van der Waals surface area contributed by atoms with Crippen LogP contribution in [0.25, 0.3) is 0 Å². The van der Waals surface area contributed by atoms with E-state index in [1.165, 1.54) is 4.31 Å². The van der Waals surface area contributed by atoms with Gasteiger partial charge in [0.25, 0.3) is 0 Å². The van der Waals surface area contributed by atoms with Crippen molar-refractivity contribution < 1.29 is 13.4 Å². The van der Waals surface area contributed by atoms with Crippen LogP contribution in [0.1, 0.15) is 26.3 Å². The maximum atomic E-state index is 12.5. The lowest BCUT2D eigenvalue weighted by Crippen LogP contribution is -2.50. The van der Waals surface area contributed by atoms with Gasteiger partial charge in [-0.1, -0.05) is 37.2 Å². The summed E-state index contributed by atoms with van der Waals surface area (Å²) in [6, 6.07) is 9.08. The van der Waals surface area contributed by atoms with E-state index in [4.69, 9.17) is 0 Å². The Morgan fingerprint density at radius 3 is 2.16 bits per heavy atom. The van der Waals surface area contributed by atoms with Gasteiger partial charge in [-0.25, -0.2) is 12.7 Å². The Kier molecular flexibility index (Phi) is 5.18. The smallest absolute Gasteiger partial charge is 0.301 e. The molecular weight excluding hydrogens is 261 g/mol. The van der Waals surface area contributed by atoms with Crippen molar-refractivity contribution in [3.8, 4) is 0 Å². The summed E-state index contributed by atoms with van der Waals surface area (Å²) in [4.78, 5) is 0. The van der Waals surface area contributed by atoms with Crippen LogP contribution in [-0.4, -0.2) is 36.6 Å². The summed E-state index contributed by atoms with van der Waals surface area (Å²) in [5.41, 5.74) is 0.201. The molecule has 4 nitrogen and oxygen atoms in total. The van der Waals surface area contributed by atoms with Gasteiger partial charge in [0.15, 0.2) is 0 Å². The highest BCUT2D eigenvalue weighted by Crippen LogP contribution is 2.21. The fourth-order valence-corrected chi connectivity index (χ4v) is 3.95. The van der Waals surface area contributed by atoms with E-state index in [0.29, 0.717) is 0 Å². The Morgan fingerprint density at radius 1 is 1.21 bits per heavy atom. The second-order valence-electron chi connectivity index (χ2n) is 5.79. The van der Waals surface area contributed by atoms with Crippen molar-refractivity contribution in [2.45, 2.75) is 38.9 Å². The molecule has 0 saturated heterocycles. The van der Waals surface area contributed by atoms with Gasteiger partial charge in [-0.2, -0.15) is 0 Å². The van der Waals surface area contributed by atoms with Crippen LogP contribution in [0.3, 0.4) is 0 Å². The lowest BCUT2D eigenvalue weighted by atomic mass is 9.71. The van der Waals surface area contributed by atoms with Crippen molar-refractivity contribution in [1.82, 2.24) is 4.31 Å². The number of hydrogen-bond acceptors (Lipinski definition) is 3. The molecular formula is C13H22BNO3S. The number of hydrogen-bond donors (Lipinski definition) is 1.